The highest BCUT2D eigenvalue weighted by atomic mass is 32.2. The van der Waals surface area contributed by atoms with Gasteiger partial charge in [-0.15, -0.1) is 23.5 Å². The average Bonchev–Trinajstić information content (AvgIpc) is 3.06. The smallest absolute Gasteiger partial charge is 0.120 e. The number of aromatic nitrogens is 2. The van der Waals surface area contributed by atoms with Crippen LogP contribution in [0.3, 0.4) is 0 Å². The molecule has 1 heterocycles. The van der Waals surface area contributed by atoms with Gasteiger partial charge in [0, 0.05) is 10.7 Å². The number of aromatic amines is 1. The minimum atomic E-state index is -1.02. The Hall–Kier alpha value is -1.69. The van der Waals surface area contributed by atoms with Crippen LogP contribution < -0.4 is 0 Å². The van der Waals surface area contributed by atoms with Crippen LogP contribution in [-0.2, 0) is 18.4 Å². The predicted molar refractivity (Wildman–Crippen MR) is 113 cm³/mol. The molecule has 0 aliphatic heterocycles. The molecular weight excluding hydrogens is 360 g/mol. The fourth-order valence-electron chi connectivity index (χ4n) is 3.91. The third kappa shape index (κ3) is 2.98. The number of benzene rings is 2. The number of para-hydroxylation sites is 2. The van der Waals surface area contributed by atoms with Crippen LogP contribution in [0.25, 0.3) is 11.0 Å². The Bertz CT molecular complexity index is 940. The third-order valence-electron chi connectivity index (χ3n) is 5.09. The van der Waals surface area contributed by atoms with Crippen LogP contribution in [0.5, 0.6) is 0 Å². The summed E-state index contributed by atoms with van der Waals surface area (Å²) in [6, 6.07) is 16.3. The number of hydrogen-bond donors (Lipinski definition) is 2. The molecule has 0 fully saturated rings. The normalized spacial score (nSPS) is 19.6. The van der Waals surface area contributed by atoms with Crippen molar-refractivity contribution in [3.05, 3.63) is 75.3 Å². The molecule has 0 spiro atoms. The molecule has 3 aromatic rings. The summed E-state index contributed by atoms with van der Waals surface area (Å²) in [6.45, 7) is 0. The lowest BCUT2D eigenvalue weighted by Gasteiger charge is -2.38. The zero-order valence-electron chi connectivity index (χ0n) is 15.0. The lowest BCUT2D eigenvalue weighted by atomic mass is 9.74. The molecule has 3 nitrogen and oxygen atoms in total. The fourth-order valence-corrected chi connectivity index (χ4v) is 5.61. The molecule has 5 heteroatoms. The first-order chi connectivity index (χ1) is 12.7. The number of aryl methyl sites for hydroxylation is 1. The van der Waals surface area contributed by atoms with E-state index in [2.05, 4.69) is 35.7 Å². The van der Waals surface area contributed by atoms with Crippen LogP contribution in [0, 0.1) is 0 Å². The Morgan fingerprint density at radius 2 is 1.81 bits per heavy atom. The van der Waals surface area contributed by atoms with Crippen molar-refractivity contribution < 1.29 is 5.11 Å². The van der Waals surface area contributed by atoms with E-state index < -0.39 is 5.60 Å². The Balaban J connectivity index is 1.85. The van der Waals surface area contributed by atoms with Crippen LogP contribution in [0.4, 0.5) is 0 Å². The number of nitrogens with zero attached hydrogens (tertiary/aromatic N) is 1. The summed E-state index contributed by atoms with van der Waals surface area (Å²) in [6.07, 6.45) is 6.48. The Labute approximate surface area is 162 Å². The molecule has 4 rings (SSSR count). The number of fused-ring (bicyclic) bond motifs is 2. The SMILES string of the molecule is CSC(SC)=C1CCc2ccccc2C1(O)Cc1nc2ccccc2[nH]1. The third-order valence-corrected chi connectivity index (χ3v) is 7.32. The van der Waals surface area contributed by atoms with Crippen LogP contribution >= 0.6 is 23.5 Å². The lowest BCUT2D eigenvalue weighted by Crippen LogP contribution is -2.36. The number of hydrogen-bond acceptors (Lipinski definition) is 4. The maximum atomic E-state index is 11.9. The van der Waals surface area contributed by atoms with Gasteiger partial charge in [0.05, 0.1) is 11.0 Å². The highest BCUT2D eigenvalue weighted by molar-refractivity contribution is 8.21. The fraction of sp³-hybridized carbons (Fsp3) is 0.286. The molecule has 1 aliphatic rings. The Morgan fingerprint density at radius 3 is 2.58 bits per heavy atom. The van der Waals surface area contributed by atoms with Gasteiger partial charge in [-0.25, -0.2) is 4.98 Å². The van der Waals surface area contributed by atoms with Gasteiger partial charge in [0.2, 0.25) is 0 Å². The highest BCUT2D eigenvalue weighted by Gasteiger charge is 2.41. The molecular formula is C21H22N2OS2. The molecule has 26 heavy (non-hydrogen) atoms. The van der Waals surface area contributed by atoms with Crippen molar-refractivity contribution in [2.75, 3.05) is 12.5 Å². The predicted octanol–water partition coefficient (Wildman–Crippen LogP) is 4.88. The molecule has 0 saturated carbocycles. The van der Waals surface area contributed by atoms with Crippen molar-refractivity contribution >= 4 is 34.6 Å². The number of thioether (sulfide) groups is 2. The molecule has 134 valence electrons. The van der Waals surface area contributed by atoms with Gasteiger partial charge in [-0.3, -0.25) is 0 Å². The van der Waals surface area contributed by atoms with Crippen LogP contribution in [-0.4, -0.2) is 27.6 Å². The summed E-state index contributed by atoms with van der Waals surface area (Å²) < 4.78 is 1.21. The summed E-state index contributed by atoms with van der Waals surface area (Å²) in [4.78, 5) is 8.11. The zero-order chi connectivity index (χ0) is 18.1. The van der Waals surface area contributed by atoms with E-state index in [9.17, 15) is 5.11 Å². The first kappa shape index (κ1) is 17.7. The lowest BCUT2D eigenvalue weighted by molar-refractivity contribution is 0.0656. The van der Waals surface area contributed by atoms with Crippen LogP contribution in [0.15, 0.2) is 58.3 Å². The second kappa shape index (κ2) is 7.14. The molecule has 2 aromatic carbocycles. The van der Waals surface area contributed by atoms with E-state index in [0.717, 1.165) is 40.8 Å². The van der Waals surface area contributed by atoms with Crippen molar-refractivity contribution in [2.45, 2.75) is 24.9 Å². The van der Waals surface area contributed by atoms with E-state index in [1.165, 1.54) is 9.80 Å². The number of imidazole rings is 1. The topological polar surface area (TPSA) is 48.9 Å². The van der Waals surface area contributed by atoms with Gasteiger partial charge >= 0.3 is 0 Å². The van der Waals surface area contributed by atoms with Gasteiger partial charge < -0.3 is 10.1 Å². The molecule has 0 amide bonds. The van der Waals surface area contributed by atoms with Crippen molar-refractivity contribution in [2.24, 2.45) is 0 Å². The maximum absolute atomic E-state index is 11.9. The van der Waals surface area contributed by atoms with Gasteiger partial charge in [-0.2, -0.15) is 0 Å². The van der Waals surface area contributed by atoms with E-state index >= 15 is 0 Å². The first-order valence-corrected chi connectivity index (χ1v) is 11.2. The van der Waals surface area contributed by atoms with E-state index in [-0.39, 0.29) is 0 Å². The minimum absolute atomic E-state index is 0.457. The van der Waals surface area contributed by atoms with E-state index in [4.69, 9.17) is 4.98 Å². The molecule has 1 unspecified atom stereocenters. The monoisotopic (exact) mass is 382 g/mol. The Kier molecular flexibility index (Phi) is 4.86. The van der Waals surface area contributed by atoms with Gasteiger partial charge in [0.1, 0.15) is 11.4 Å². The highest BCUT2D eigenvalue weighted by Crippen LogP contribution is 2.46. The number of aliphatic hydroxyl groups is 1. The van der Waals surface area contributed by atoms with Gasteiger partial charge in [-0.05, 0) is 54.2 Å². The number of rotatable bonds is 4. The van der Waals surface area contributed by atoms with Gasteiger partial charge in [0.25, 0.3) is 0 Å². The second-order valence-corrected chi connectivity index (χ2v) is 8.46. The van der Waals surface area contributed by atoms with E-state index in [1.54, 1.807) is 23.5 Å². The zero-order valence-corrected chi connectivity index (χ0v) is 16.6. The van der Waals surface area contributed by atoms with Gasteiger partial charge in [-0.1, -0.05) is 36.4 Å². The largest absolute Gasteiger partial charge is 0.380 e. The standard InChI is InChI=1S/C21H22N2OS2/c1-25-20(26-2)16-12-11-14-7-3-4-8-15(14)21(16,24)13-19-22-17-9-5-6-10-18(17)23-19/h3-10,24H,11-13H2,1-2H3,(H,22,23). The molecule has 1 aliphatic carbocycles. The molecule has 0 saturated heterocycles. The number of H-pyrrole nitrogens is 1. The van der Waals surface area contributed by atoms with Crippen molar-refractivity contribution in [1.29, 1.82) is 0 Å². The van der Waals surface area contributed by atoms with Crippen molar-refractivity contribution in [1.82, 2.24) is 9.97 Å². The summed E-state index contributed by atoms with van der Waals surface area (Å²) in [5.74, 6) is 0.824. The van der Waals surface area contributed by atoms with Crippen LogP contribution in [0.2, 0.25) is 0 Å². The summed E-state index contributed by atoms with van der Waals surface area (Å²) in [5.41, 5.74) is 4.30. The second-order valence-electron chi connectivity index (χ2n) is 6.57. The Morgan fingerprint density at radius 1 is 1.08 bits per heavy atom. The average molecular weight is 383 g/mol. The summed E-state index contributed by atoms with van der Waals surface area (Å²) in [5, 5.41) is 11.9. The molecule has 1 aromatic heterocycles. The summed E-state index contributed by atoms with van der Waals surface area (Å²) in [7, 11) is 0. The summed E-state index contributed by atoms with van der Waals surface area (Å²) >= 11 is 3.44. The molecule has 0 bridgehead atoms. The maximum Gasteiger partial charge on any atom is 0.120 e. The van der Waals surface area contributed by atoms with Crippen molar-refractivity contribution in [3.8, 4) is 0 Å². The molecule has 1 atom stereocenters. The van der Waals surface area contributed by atoms with Crippen molar-refractivity contribution in [3.63, 3.8) is 0 Å². The quantitative estimate of drug-likeness (QED) is 0.675. The van der Waals surface area contributed by atoms with E-state index in [0.29, 0.717) is 6.42 Å². The minimum Gasteiger partial charge on any atom is -0.380 e. The van der Waals surface area contributed by atoms with Gasteiger partial charge in [0.15, 0.2) is 0 Å². The van der Waals surface area contributed by atoms with E-state index in [1.807, 2.05) is 30.3 Å². The van der Waals surface area contributed by atoms with Crippen LogP contribution in [0.1, 0.15) is 23.4 Å². The molecule has 0 radical (unpaired) electrons. The first-order valence-electron chi connectivity index (χ1n) is 8.71. The number of nitrogens with one attached hydrogen (secondary N) is 1. The molecule has 2 N–H and O–H groups in total.